The van der Waals surface area contributed by atoms with Gasteiger partial charge in [0.25, 0.3) is 5.56 Å². The van der Waals surface area contributed by atoms with E-state index in [9.17, 15) is 4.79 Å². The maximum absolute atomic E-state index is 11.1. The number of nitrogens with one attached hydrogen (secondary N) is 1. The van der Waals surface area contributed by atoms with Gasteiger partial charge < -0.3 is 9.47 Å². The minimum absolute atomic E-state index is 0.309. The minimum atomic E-state index is -0.309. The number of nitrogens with zero attached hydrogens (tertiary/aromatic N) is 1. The fourth-order valence-corrected chi connectivity index (χ4v) is 1.35. The van der Waals surface area contributed by atoms with Crippen LogP contribution in [0.4, 0.5) is 0 Å². The average Bonchev–Trinajstić information content (AvgIpc) is 2.32. The highest BCUT2D eigenvalue weighted by Crippen LogP contribution is 2.30. The summed E-state index contributed by atoms with van der Waals surface area (Å²) >= 11 is 0. The van der Waals surface area contributed by atoms with Crippen LogP contribution in [0.3, 0.4) is 0 Å². The van der Waals surface area contributed by atoms with E-state index in [1.165, 1.54) is 12.3 Å². The van der Waals surface area contributed by atoms with Crippen LogP contribution in [0.15, 0.2) is 41.3 Å². The zero-order chi connectivity index (χ0) is 12.1. The van der Waals surface area contributed by atoms with Crippen LogP contribution in [0.2, 0.25) is 0 Å². The lowest BCUT2D eigenvalue weighted by atomic mass is 10.3. The van der Waals surface area contributed by atoms with Crippen LogP contribution < -0.4 is 15.0 Å². The van der Waals surface area contributed by atoms with Gasteiger partial charge in [-0.1, -0.05) is 12.1 Å². The normalized spacial score (nSPS) is 9.94. The third-order valence-corrected chi connectivity index (χ3v) is 2.02. The number of para-hydroxylation sites is 2. The topological polar surface area (TPSA) is 64.2 Å². The van der Waals surface area contributed by atoms with Crippen molar-refractivity contribution in [2.75, 3.05) is 6.61 Å². The summed E-state index contributed by atoms with van der Waals surface area (Å²) in [6.07, 6.45) is 1.43. The first-order valence-corrected chi connectivity index (χ1v) is 5.24. The molecule has 1 N–H and O–H groups in total. The predicted octanol–water partition coefficient (Wildman–Crippen LogP) is 1.96. The zero-order valence-corrected chi connectivity index (χ0v) is 9.34. The molecule has 0 aliphatic rings. The molecule has 0 spiro atoms. The molecule has 17 heavy (non-hydrogen) atoms. The van der Waals surface area contributed by atoms with Crippen LogP contribution in [0, 0.1) is 0 Å². The van der Waals surface area contributed by atoms with Gasteiger partial charge in [0, 0.05) is 6.07 Å². The van der Waals surface area contributed by atoms with E-state index in [1.807, 2.05) is 19.1 Å². The first-order valence-electron chi connectivity index (χ1n) is 5.24. The Balaban J connectivity index is 2.26. The number of aromatic amines is 1. The van der Waals surface area contributed by atoms with E-state index in [-0.39, 0.29) is 5.56 Å². The lowest BCUT2D eigenvalue weighted by molar-refractivity contribution is 0.321. The van der Waals surface area contributed by atoms with Crippen LogP contribution in [0.25, 0.3) is 0 Å². The average molecular weight is 232 g/mol. The maximum Gasteiger partial charge on any atom is 0.267 e. The van der Waals surface area contributed by atoms with Crippen LogP contribution in [-0.2, 0) is 0 Å². The standard InChI is InChI=1S/C12H12N2O3/c1-2-16-10-5-3-4-6-11(10)17-9-7-12(15)14-13-8-9/h3-8H,2H2,1H3,(H,14,15). The van der Waals surface area contributed by atoms with Gasteiger partial charge in [0.1, 0.15) is 0 Å². The lowest BCUT2D eigenvalue weighted by Gasteiger charge is -2.10. The fourth-order valence-electron chi connectivity index (χ4n) is 1.35. The summed E-state index contributed by atoms with van der Waals surface area (Å²) in [6.45, 7) is 2.44. The molecule has 88 valence electrons. The molecule has 0 aliphatic carbocycles. The monoisotopic (exact) mass is 232 g/mol. The number of rotatable bonds is 4. The van der Waals surface area contributed by atoms with E-state index < -0.39 is 0 Å². The summed E-state index contributed by atoms with van der Waals surface area (Å²) in [5, 5.41) is 5.93. The van der Waals surface area contributed by atoms with Gasteiger partial charge in [-0.05, 0) is 19.1 Å². The number of hydrogen-bond donors (Lipinski definition) is 1. The summed E-state index contributed by atoms with van der Waals surface area (Å²) in [4.78, 5) is 11.1. The van der Waals surface area contributed by atoms with E-state index in [0.29, 0.717) is 23.9 Å². The van der Waals surface area contributed by atoms with E-state index in [1.54, 1.807) is 12.1 Å². The van der Waals surface area contributed by atoms with E-state index >= 15 is 0 Å². The molecule has 1 aromatic carbocycles. The molecular formula is C12H12N2O3. The fraction of sp³-hybridized carbons (Fsp3) is 0.167. The Morgan fingerprint density at radius 3 is 2.76 bits per heavy atom. The molecule has 0 amide bonds. The largest absolute Gasteiger partial charge is 0.490 e. The molecule has 0 unspecified atom stereocenters. The van der Waals surface area contributed by atoms with Crippen molar-refractivity contribution in [3.05, 3.63) is 46.9 Å². The maximum atomic E-state index is 11.1. The van der Waals surface area contributed by atoms with E-state index in [4.69, 9.17) is 9.47 Å². The Kier molecular flexibility index (Phi) is 3.40. The van der Waals surface area contributed by atoms with Crippen molar-refractivity contribution < 1.29 is 9.47 Å². The number of hydrogen-bond acceptors (Lipinski definition) is 4. The molecule has 0 fully saturated rings. The molecular weight excluding hydrogens is 220 g/mol. The molecule has 0 aliphatic heterocycles. The third kappa shape index (κ3) is 2.84. The van der Waals surface area contributed by atoms with Gasteiger partial charge in [0.05, 0.1) is 12.8 Å². The third-order valence-electron chi connectivity index (χ3n) is 2.02. The van der Waals surface area contributed by atoms with Crippen molar-refractivity contribution in [2.45, 2.75) is 6.92 Å². The number of aromatic nitrogens is 2. The number of H-pyrrole nitrogens is 1. The van der Waals surface area contributed by atoms with Gasteiger partial charge >= 0.3 is 0 Å². The quantitative estimate of drug-likeness (QED) is 0.875. The van der Waals surface area contributed by atoms with Crippen molar-refractivity contribution >= 4 is 0 Å². The van der Waals surface area contributed by atoms with Crippen molar-refractivity contribution in [1.82, 2.24) is 10.2 Å². The summed E-state index contributed by atoms with van der Waals surface area (Å²) in [5.74, 6) is 1.57. The highest BCUT2D eigenvalue weighted by atomic mass is 16.5. The van der Waals surface area contributed by atoms with Crippen LogP contribution in [0.5, 0.6) is 17.2 Å². The highest BCUT2D eigenvalue weighted by molar-refractivity contribution is 5.42. The predicted molar refractivity (Wildman–Crippen MR) is 62.5 cm³/mol. The molecule has 0 bridgehead atoms. The molecule has 1 heterocycles. The molecule has 5 nitrogen and oxygen atoms in total. The highest BCUT2D eigenvalue weighted by Gasteiger charge is 2.05. The van der Waals surface area contributed by atoms with Crippen molar-refractivity contribution in [2.24, 2.45) is 0 Å². The Morgan fingerprint density at radius 2 is 2.06 bits per heavy atom. The van der Waals surface area contributed by atoms with Crippen molar-refractivity contribution in [3.63, 3.8) is 0 Å². The molecule has 1 aromatic heterocycles. The van der Waals surface area contributed by atoms with Gasteiger partial charge in [0.15, 0.2) is 17.2 Å². The smallest absolute Gasteiger partial charge is 0.267 e. The Morgan fingerprint density at radius 1 is 1.29 bits per heavy atom. The molecule has 0 saturated carbocycles. The van der Waals surface area contributed by atoms with Gasteiger partial charge in [0.2, 0.25) is 0 Å². The van der Waals surface area contributed by atoms with Gasteiger partial charge in [-0.25, -0.2) is 5.10 Å². The Hall–Kier alpha value is -2.30. The van der Waals surface area contributed by atoms with E-state index in [0.717, 1.165) is 0 Å². The first-order chi connectivity index (χ1) is 8.29. The molecule has 2 aromatic rings. The summed E-state index contributed by atoms with van der Waals surface area (Å²) in [5.41, 5.74) is -0.309. The summed E-state index contributed by atoms with van der Waals surface area (Å²) in [6, 6.07) is 8.59. The SMILES string of the molecule is CCOc1ccccc1Oc1cn[nH]c(=O)c1. The Bertz CT molecular complexity index is 551. The minimum Gasteiger partial charge on any atom is -0.490 e. The Labute approximate surface area is 98.0 Å². The molecule has 0 saturated heterocycles. The summed E-state index contributed by atoms with van der Waals surface area (Å²) in [7, 11) is 0. The van der Waals surface area contributed by atoms with Crippen LogP contribution in [0.1, 0.15) is 6.92 Å². The second-order valence-electron chi connectivity index (χ2n) is 3.26. The molecule has 2 rings (SSSR count). The van der Waals surface area contributed by atoms with E-state index in [2.05, 4.69) is 10.2 Å². The first kappa shape index (κ1) is 11.2. The second-order valence-corrected chi connectivity index (χ2v) is 3.26. The second kappa shape index (κ2) is 5.16. The summed E-state index contributed by atoms with van der Waals surface area (Å²) < 4.78 is 10.9. The zero-order valence-electron chi connectivity index (χ0n) is 9.34. The van der Waals surface area contributed by atoms with Crippen molar-refractivity contribution in [1.29, 1.82) is 0 Å². The van der Waals surface area contributed by atoms with Crippen LogP contribution in [-0.4, -0.2) is 16.8 Å². The van der Waals surface area contributed by atoms with Crippen molar-refractivity contribution in [3.8, 4) is 17.2 Å². The van der Waals surface area contributed by atoms with Gasteiger partial charge in [-0.3, -0.25) is 4.79 Å². The van der Waals surface area contributed by atoms with Gasteiger partial charge in [-0.2, -0.15) is 5.10 Å². The van der Waals surface area contributed by atoms with Crippen LogP contribution >= 0.6 is 0 Å². The molecule has 0 radical (unpaired) electrons. The number of ether oxygens (including phenoxy) is 2. The molecule has 5 heteroatoms. The lowest BCUT2D eigenvalue weighted by Crippen LogP contribution is -2.05. The number of benzene rings is 1. The molecule has 0 atom stereocenters. The van der Waals surface area contributed by atoms with Gasteiger partial charge in [-0.15, -0.1) is 0 Å².